The Labute approximate surface area is 120 Å². The molecule has 1 fully saturated rings. The van der Waals surface area contributed by atoms with Crippen LogP contribution < -0.4 is 10.2 Å². The summed E-state index contributed by atoms with van der Waals surface area (Å²) >= 11 is 0. The molecule has 1 heterocycles. The Bertz CT molecular complexity index is 459. The lowest BCUT2D eigenvalue weighted by Crippen LogP contribution is -2.33. The van der Waals surface area contributed by atoms with Gasteiger partial charge in [0.2, 0.25) is 11.8 Å². The van der Waals surface area contributed by atoms with Crippen molar-refractivity contribution in [3.8, 4) is 0 Å². The molecule has 1 aliphatic rings. The second-order valence-corrected chi connectivity index (χ2v) is 5.24. The van der Waals surface area contributed by atoms with E-state index >= 15 is 0 Å². The summed E-state index contributed by atoms with van der Waals surface area (Å²) in [5.41, 5.74) is 0.874. The van der Waals surface area contributed by atoms with Crippen LogP contribution in [-0.2, 0) is 9.59 Å². The van der Waals surface area contributed by atoms with Crippen molar-refractivity contribution in [2.75, 3.05) is 18.0 Å². The highest BCUT2D eigenvalue weighted by Crippen LogP contribution is 2.24. The van der Waals surface area contributed by atoms with Gasteiger partial charge in [-0.1, -0.05) is 38.0 Å². The van der Waals surface area contributed by atoms with Crippen LogP contribution in [0.3, 0.4) is 0 Å². The van der Waals surface area contributed by atoms with Crippen molar-refractivity contribution in [3.63, 3.8) is 0 Å². The maximum atomic E-state index is 12.0. The van der Waals surface area contributed by atoms with E-state index in [-0.39, 0.29) is 17.7 Å². The highest BCUT2D eigenvalue weighted by atomic mass is 16.2. The third-order valence-corrected chi connectivity index (χ3v) is 3.64. The molecule has 0 radical (unpaired) electrons. The molecule has 1 saturated heterocycles. The zero-order valence-corrected chi connectivity index (χ0v) is 12.0. The molecule has 0 unspecified atom stereocenters. The first kappa shape index (κ1) is 14.6. The number of para-hydroxylation sites is 1. The predicted octanol–water partition coefficient (Wildman–Crippen LogP) is 2.35. The van der Waals surface area contributed by atoms with E-state index in [4.69, 9.17) is 0 Å². The Morgan fingerprint density at radius 1 is 1.30 bits per heavy atom. The van der Waals surface area contributed by atoms with E-state index in [1.165, 1.54) is 0 Å². The third kappa shape index (κ3) is 3.59. The molecule has 0 aliphatic carbocycles. The average Bonchev–Trinajstić information content (AvgIpc) is 2.86. The lowest BCUT2D eigenvalue weighted by atomic mass is 10.1. The number of carbonyl (C=O) groups is 2. The molecule has 4 heteroatoms. The molecular formula is C16H22N2O2. The summed E-state index contributed by atoms with van der Waals surface area (Å²) in [5, 5.41) is 2.93. The van der Waals surface area contributed by atoms with E-state index in [2.05, 4.69) is 12.2 Å². The molecule has 1 atom stereocenters. The number of benzene rings is 1. The van der Waals surface area contributed by atoms with E-state index < -0.39 is 0 Å². The minimum atomic E-state index is -0.218. The second-order valence-electron chi connectivity index (χ2n) is 5.24. The number of rotatable bonds is 6. The van der Waals surface area contributed by atoms with Crippen LogP contribution in [0, 0.1) is 5.92 Å². The minimum Gasteiger partial charge on any atom is -0.356 e. The molecule has 2 amide bonds. The van der Waals surface area contributed by atoms with E-state index in [1.54, 1.807) is 4.90 Å². The van der Waals surface area contributed by atoms with Crippen LogP contribution >= 0.6 is 0 Å². The monoisotopic (exact) mass is 274 g/mol. The molecule has 20 heavy (non-hydrogen) atoms. The van der Waals surface area contributed by atoms with E-state index in [0.29, 0.717) is 19.5 Å². The van der Waals surface area contributed by atoms with Crippen molar-refractivity contribution in [2.24, 2.45) is 5.92 Å². The highest BCUT2D eigenvalue weighted by molar-refractivity contribution is 6.00. The first-order chi connectivity index (χ1) is 9.72. The van der Waals surface area contributed by atoms with E-state index in [0.717, 1.165) is 24.9 Å². The molecule has 2 rings (SSSR count). The molecule has 1 aromatic rings. The Hall–Kier alpha value is -1.84. The maximum absolute atomic E-state index is 12.0. The van der Waals surface area contributed by atoms with Crippen LogP contribution in [-0.4, -0.2) is 24.9 Å². The fourth-order valence-corrected chi connectivity index (χ4v) is 2.47. The quantitative estimate of drug-likeness (QED) is 0.809. The summed E-state index contributed by atoms with van der Waals surface area (Å²) in [6.07, 6.45) is 3.58. The van der Waals surface area contributed by atoms with Gasteiger partial charge in [0.25, 0.3) is 0 Å². The van der Waals surface area contributed by atoms with Crippen LogP contribution in [0.1, 0.15) is 32.6 Å². The average molecular weight is 274 g/mol. The molecule has 1 N–H and O–H groups in total. The summed E-state index contributed by atoms with van der Waals surface area (Å²) in [7, 11) is 0. The number of unbranched alkanes of at least 4 members (excludes halogenated alkanes) is 2. The number of nitrogens with zero attached hydrogens (tertiary/aromatic N) is 1. The van der Waals surface area contributed by atoms with Crippen LogP contribution in [0.5, 0.6) is 0 Å². The van der Waals surface area contributed by atoms with Crippen LogP contribution in [0.15, 0.2) is 30.3 Å². The summed E-state index contributed by atoms with van der Waals surface area (Å²) in [5.74, 6) is -0.179. The van der Waals surface area contributed by atoms with Gasteiger partial charge < -0.3 is 10.2 Å². The Morgan fingerprint density at radius 3 is 2.75 bits per heavy atom. The summed E-state index contributed by atoms with van der Waals surface area (Å²) in [6.45, 7) is 3.33. The number of amides is 2. The number of hydrogen-bond acceptors (Lipinski definition) is 2. The third-order valence-electron chi connectivity index (χ3n) is 3.64. The van der Waals surface area contributed by atoms with Gasteiger partial charge in [0.05, 0.1) is 5.92 Å². The van der Waals surface area contributed by atoms with E-state index in [9.17, 15) is 9.59 Å². The van der Waals surface area contributed by atoms with Crippen LogP contribution in [0.2, 0.25) is 0 Å². The number of nitrogens with one attached hydrogen (secondary N) is 1. The topological polar surface area (TPSA) is 49.4 Å². The van der Waals surface area contributed by atoms with Gasteiger partial charge in [-0.2, -0.15) is 0 Å². The normalized spacial score (nSPS) is 18.4. The summed E-state index contributed by atoms with van der Waals surface area (Å²) in [6, 6.07) is 9.53. The minimum absolute atomic E-state index is 0.00730. The second kappa shape index (κ2) is 7.08. The van der Waals surface area contributed by atoms with Gasteiger partial charge in [0, 0.05) is 25.2 Å². The van der Waals surface area contributed by atoms with Crippen LogP contribution in [0.4, 0.5) is 5.69 Å². The van der Waals surface area contributed by atoms with Gasteiger partial charge in [-0.25, -0.2) is 0 Å². The molecule has 0 bridgehead atoms. The molecule has 0 saturated carbocycles. The molecule has 108 valence electrons. The Morgan fingerprint density at radius 2 is 2.05 bits per heavy atom. The van der Waals surface area contributed by atoms with Crippen molar-refractivity contribution in [1.82, 2.24) is 5.32 Å². The molecular weight excluding hydrogens is 252 g/mol. The smallest absolute Gasteiger partial charge is 0.227 e. The number of carbonyl (C=O) groups excluding carboxylic acids is 2. The fraction of sp³-hybridized carbons (Fsp3) is 0.500. The number of anilines is 1. The molecule has 1 aliphatic heterocycles. The predicted molar refractivity (Wildman–Crippen MR) is 79.4 cm³/mol. The number of hydrogen-bond donors (Lipinski definition) is 1. The van der Waals surface area contributed by atoms with Crippen molar-refractivity contribution in [1.29, 1.82) is 0 Å². The molecule has 0 spiro atoms. The lowest BCUT2D eigenvalue weighted by molar-refractivity contribution is -0.126. The molecule has 4 nitrogen and oxygen atoms in total. The van der Waals surface area contributed by atoms with Crippen molar-refractivity contribution in [2.45, 2.75) is 32.6 Å². The lowest BCUT2D eigenvalue weighted by Gasteiger charge is -2.16. The van der Waals surface area contributed by atoms with Gasteiger partial charge in [0.1, 0.15) is 0 Å². The SMILES string of the molecule is CCCCCNC(=O)[C@@H]1CC(=O)N(c2ccccc2)C1. The van der Waals surface area contributed by atoms with Crippen molar-refractivity contribution in [3.05, 3.63) is 30.3 Å². The molecule has 1 aromatic carbocycles. The maximum Gasteiger partial charge on any atom is 0.227 e. The standard InChI is InChI=1S/C16H22N2O2/c1-2-3-7-10-17-16(20)13-11-15(19)18(12-13)14-8-5-4-6-9-14/h4-6,8-9,13H,2-3,7,10-12H2,1H3,(H,17,20)/t13-/m1/s1. The van der Waals surface area contributed by atoms with Gasteiger partial charge in [-0.05, 0) is 18.6 Å². The zero-order valence-electron chi connectivity index (χ0n) is 12.0. The zero-order chi connectivity index (χ0) is 14.4. The van der Waals surface area contributed by atoms with Gasteiger partial charge in [-0.3, -0.25) is 9.59 Å². The van der Waals surface area contributed by atoms with Crippen molar-refractivity contribution >= 4 is 17.5 Å². The van der Waals surface area contributed by atoms with Gasteiger partial charge in [0.15, 0.2) is 0 Å². The molecule has 0 aromatic heterocycles. The Balaban J connectivity index is 1.87. The summed E-state index contributed by atoms with van der Waals surface area (Å²) in [4.78, 5) is 25.8. The summed E-state index contributed by atoms with van der Waals surface area (Å²) < 4.78 is 0. The largest absolute Gasteiger partial charge is 0.356 e. The fourth-order valence-electron chi connectivity index (χ4n) is 2.47. The highest BCUT2D eigenvalue weighted by Gasteiger charge is 2.34. The van der Waals surface area contributed by atoms with Gasteiger partial charge in [-0.15, -0.1) is 0 Å². The van der Waals surface area contributed by atoms with Gasteiger partial charge >= 0.3 is 0 Å². The van der Waals surface area contributed by atoms with Crippen LogP contribution in [0.25, 0.3) is 0 Å². The van der Waals surface area contributed by atoms with E-state index in [1.807, 2.05) is 30.3 Å². The first-order valence-electron chi connectivity index (χ1n) is 7.35. The Kier molecular flexibility index (Phi) is 5.16. The van der Waals surface area contributed by atoms with Crippen molar-refractivity contribution < 1.29 is 9.59 Å². The first-order valence-corrected chi connectivity index (χ1v) is 7.35.